The van der Waals surface area contributed by atoms with Crippen molar-refractivity contribution in [1.29, 1.82) is 0 Å². The smallest absolute Gasteiger partial charge is 0.150 e. The number of nitrogen functional groups attached to an aromatic ring is 2. The normalized spacial score (nSPS) is 10.7. The predicted octanol–water partition coefficient (Wildman–Crippen LogP) is 1.30. The lowest BCUT2D eigenvalue weighted by Gasteiger charge is -2.07. The van der Waals surface area contributed by atoms with E-state index in [1.807, 2.05) is 31.2 Å². The van der Waals surface area contributed by atoms with Gasteiger partial charge in [0.15, 0.2) is 5.82 Å². The first-order valence-corrected chi connectivity index (χ1v) is 5.32. The molecule has 17 heavy (non-hydrogen) atoms. The third-order valence-electron chi connectivity index (χ3n) is 2.70. The van der Waals surface area contributed by atoms with E-state index in [0.717, 1.165) is 11.1 Å². The second kappa shape index (κ2) is 4.47. The van der Waals surface area contributed by atoms with Gasteiger partial charge in [0, 0.05) is 12.7 Å². The fourth-order valence-electron chi connectivity index (χ4n) is 1.79. The summed E-state index contributed by atoms with van der Waals surface area (Å²) < 4.78 is 6.55. The van der Waals surface area contributed by atoms with Gasteiger partial charge in [-0.2, -0.15) is 0 Å². The number of rotatable bonds is 3. The minimum Gasteiger partial charge on any atom is -0.382 e. The lowest BCUT2D eigenvalue weighted by molar-refractivity contribution is 0.185. The number of methoxy groups -OCH3 is 1. The van der Waals surface area contributed by atoms with Crippen LogP contribution in [0, 0.1) is 6.92 Å². The number of aryl methyl sites for hydroxylation is 1. The Labute approximate surface area is 100.0 Å². The van der Waals surface area contributed by atoms with E-state index in [1.54, 1.807) is 7.11 Å². The largest absolute Gasteiger partial charge is 0.382 e. The molecule has 1 aromatic heterocycles. The van der Waals surface area contributed by atoms with Crippen LogP contribution in [0.3, 0.4) is 0 Å². The standard InChI is InChI=1S/C12H16N4O/c1-8-15-11(12(13)16(8)14)10-6-4-3-5-9(10)7-17-2/h3-6H,7,13-14H2,1-2H3. The summed E-state index contributed by atoms with van der Waals surface area (Å²) in [6, 6.07) is 7.86. The predicted molar refractivity (Wildman–Crippen MR) is 67.7 cm³/mol. The van der Waals surface area contributed by atoms with Crippen molar-refractivity contribution in [1.82, 2.24) is 9.66 Å². The number of ether oxygens (including phenoxy) is 1. The van der Waals surface area contributed by atoms with E-state index in [9.17, 15) is 0 Å². The monoisotopic (exact) mass is 232 g/mol. The summed E-state index contributed by atoms with van der Waals surface area (Å²) in [5, 5.41) is 0. The molecule has 5 nitrogen and oxygen atoms in total. The maximum atomic E-state index is 5.94. The van der Waals surface area contributed by atoms with Crippen LogP contribution in [-0.4, -0.2) is 16.8 Å². The first kappa shape index (κ1) is 11.5. The van der Waals surface area contributed by atoms with Crippen LogP contribution in [0.5, 0.6) is 0 Å². The fraction of sp³-hybridized carbons (Fsp3) is 0.250. The fourth-order valence-corrected chi connectivity index (χ4v) is 1.79. The maximum Gasteiger partial charge on any atom is 0.150 e. The highest BCUT2D eigenvalue weighted by Crippen LogP contribution is 2.28. The Morgan fingerprint density at radius 3 is 2.65 bits per heavy atom. The van der Waals surface area contributed by atoms with E-state index in [2.05, 4.69) is 4.98 Å². The Bertz CT molecular complexity index is 533. The molecule has 0 aliphatic carbocycles. The van der Waals surface area contributed by atoms with Crippen molar-refractivity contribution in [2.45, 2.75) is 13.5 Å². The third-order valence-corrected chi connectivity index (χ3v) is 2.70. The zero-order valence-corrected chi connectivity index (χ0v) is 9.97. The second-order valence-corrected chi connectivity index (χ2v) is 3.85. The highest BCUT2D eigenvalue weighted by Gasteiger charge is 2.14. The number of imidazole rings is 1. The van der Waals surface area contributed by atoms with E-state index in [-0.39, 0.29) is 0 Å². The van der Waals surface area contributed by atoms with Gasteiger partial charge >= 0.3 is 0 Å². The van der Waals surface area contributed by atoms with Gasteiger partial charge in [-0.25, -0.2) is 9.66 Å². The van der Waals surface area contributed by atoms with E-state index < -0.39 is 0 Å². The van der Waals surface area contributed by atoms with E-state index in [1.165, 1.54) is 4.68 Å². The van der Waals surface area contributed by atoms with Gasteiger partial charge in [0.2, 0.25) is 0 Å². The summed E-state index contributed by atoms with van der Waals surface area (Å²) >= 11 is 0. The molecule has 0 saturated heterocycles. The molecule has 0 spiro atoms. The summed E-state index contributed by atoms with van der Waals surface area (Å²) in [5.74, 6) is 6.91. The molecule has 0 aliphatic rings. The number of nitrogens with two attached hydrogens (primary N) is 2. The first-order valence-electron chi connectivity index (χ1n) is 5.32. The molecule has 0 unspecified atom stereocenters. The molecule has 1 heterocycles. The quantitative estimate of drug-likeness (QED) is 0.782. The molecular formula is C12H16N4O. The van der Waals surface area contributed by atoms with Crippen molar-refractivity contribution in [3.8, 4) is 11.3 Å². The average molecular weight is 232 g/mol. The molecule has 0 fully saturated rings. The topological polar surface area (TPSA) is 79.1 Å². The van der Waals surface area contributed by atoms with Gasteiger partial charge < -0.3 is 16.3 Å². The Kier molecular flexibility index (Phi) is 3.01. The van der Waals surface area contributed by atoms with Crippen LogP contribution in [0.25, 0.3) is 11.3 Å². The average Bonchev–Trinajstić information content (AvgIpc) is 2.58. The number of hydrogen-bond donors (Lipinski definition) is 2. The summed E-state index contributed by atoms with van der Waals surface area (Å²) in [5.41, 5.74) is 8.64. The number of benzene rings is 1. The molecule has 0 amide bonds. The third kappa shape index (κ3) is 1.97. The first-order chi connectivity index (χ1) is 8.15. The Balaban J connectivity index is 2.56. The van der Waals surface area contributed by atoms with Crippen molar-refractivity contribution in [3.05, 3.63) is 35.7 Å². The van der Waals surface area contributed by atoms with Gasteiger partial charge in [-0.3, -0.25) is 0 Å². The minimum absolute atomic E-state index is 0.464. The SMILES string of the molecule is COCc1ccccc1-c1nc(C)n(N)c1N. The highest BCUT2D eigenvalue weighted by atomic mass is 16.5. The van der Waals surface area contributed by atoms with Crippen LogP contribution < -0.4 is 11.6 Å². The van der Waals surface area contributed by atoms with Crippen molar-refractivity contribution in [3.63, 3.8) is 0 Å². The number of nitrogens with zero attached hydrogens (tertiary/aromatic N) is 2. The lowest BCUT2D eigenvalue weighted by Crippen LogP contribution is -2.13. The van der Waals surface area contributed by atoms with Crippen LogP contribution in [0.15, 0.2) is 24.3 Å². The molecule has 4 N–H and O–H groups in total. The molecule has 0 aliphatic heterocycles. The summed E-state index contributed by atoms with van der Waals surface area (Å²) in [6.07, 6.45) is 0. The van der Waals surface area contributed by atoms with E-state index in [4.69, 9.17) is 16.3 Å². The molecule has 0 radical (unpaired) electrons. The summed E-state index contributed by atoms with van der Waals surface area (Å²) in [6.45, 7) is 2.34. The Hall–Kier alpha value is -2.01. The number of hydrogen-bond acceptors (Lipinski definition) is 4. The second-order valence-electron chi connectivity index (χ2n) is 3.85. The number of anilines is 1. The van der Waals surface area contributed by atoms with Gasteiger partial charge in [-0.15, -0.1) is 0 Å². The zero-order chi connectivity index (χ0) is 12.4. The van der Waals surface area contributed by atoms with Crippen molar-refractivity contribution in [2.75, 3.05) is 18.7 Å². The highest BCUT2D eigenvalue weighted by molar-refractivity contribution is 5.73. The number of aromatic nitrogens is 2. The Morgan fingerprint density at radius 1 is 1.35 bits per heavy atom. The molecule has 1 aromatic carbocycles. The molecule has 90 valence electrons. The van der Waals surface area contributed by atoms with Gasteiger partial charge in [-0.1, -0.05) is 24.3 Å². The van der Waals surface area contributed by atoms with E-state index in [0.29, 0.717) is 23.9 Å². The molecule has 0 atom stereocenters. The van der Waals surface area contributed by atoms with E-state index >= 15 is 0 Å². The summed E-state index contributed by atoms with van der Waals surface area (Å²) in [7, 11) is 1.66. The molecule has 5 heteroatoms. The minimum atomic E-state index is 0.464. The molecule has 0 bridgehead atoms. The van der Waals surface area contributed by atoms with Crippen molar-refractivity contribution in [2.24, 2.45) is 0 Å². The van der Waals surface area contributed by atoms with Crippen molar-refractivity contribution < 1.29 is 4.74 Å². The zero-order valence-electron chi connectivity index (χ0n) is 9.97. The maximum absolute atomic E-state index is 5.94. The molecule has 0 saturated carbocycles. The van der Waals surface area contributed by atoms with Gasteiger partial charge in [-0.05, 0) is 12.5 Å². The van der Waals surface area contributed by atoms with Crippen LogP contribution in [0.1, 0.15) is 11.4 Å². The van der Waals surface area contributed by atoms with Crippen LogP contribution in [0.2, 0.25) is 0 Å². The Morgan fingerprint density at radius 2 is 2.06 bits per heavy atom. The van der Waals surface area contributed by atoms with Crippen molar-refractivity contribution >= 4 is 5.82 Å². The lowest BCUT2D eigenvalue weighted by atomic mass is 10.1. The molecule has 2 aromatic rings. The van der Waals surface area contributed by atoms with Crippen LogP contribution in [-0.2, 0) is 11.3 Å². The van der Waals surface area contributed by atoms with Gasteiger partial charge in [0.25, 0.3) is 0 Å². The van der Waals surface area contributed by atoms with Crippen LogP contribution in [0.4, 0.5) is 5.82 Å². The molecular weight excluding hydrogens is 216 g/mol. The van der Waals surface area contributed by atoms with Gasteiger partial charge in [0.1, 0.15) is 11.5 Å². The van der Waals surface area contributed by atoms with Gasteiger partial charge in [0.05, 0.1) is 6.61 Å². The molecule has 2 rings (SSSR count). The summed E-state index contributed by atoms with van der Waals surface area (Å²) in [4.78, 5) is 4.38. The van der Waals surface area contributed by atoms with Crippen LogP contribution >= 0.6 is 0 Å².